The van der Waals surface area contributed by atoms with Gasteiger partial charge in [-0.3, -0.25) is 9.36 Å². The third-order valence-electron chi connectivity index (χ3n) is 3.09. The number of hydrogen-bond donors (Lipinski definition) is 1. The SMILES string of the molecule is CC(C)(N)c1noc(Cn2c(=O)cnc3ccccc32)n1. The predicted octanol–water partition coefficient (Wildman–Crippen LogP) is 1.02. The lowest BCUT2D eigenvalue weighted by Gasteiger charge is -2.11. The molecule has 0 bridgehead atoms. The first-order valence-electron chi connectivity index (χ1n) is 6.52. The zero-order chi connectivity index (χ0) is 15.0. The molecule has 2 aromatic heterocycles. The fourth-order valence-corrected chi connectivity index (χ4v) is 1.99. The van der Waals surface area contributed by atoms with Crippen LogP contribution in [0.3, 0.4) is 0 Å². The monoisotopic (exact) mass is 285 g/mol. The van der Waals surface area contributed by atoms with Gasteiger partial charge in [-0.25, -0.2) is 4.98 Å². The molecule has 2 N–H and O–H groups in total. The molecular weight excluding hydrogens is 270 g/mol. The van der Waals surface area contributed by atoms with Crippen molar-refractivity contribution in [3.05, 3.63) is 52.5 Å². The second-order valence-electron chi connectivity index (χ2n) is 5.40. The van der Waals surface area contributed by atoms with Crippen LogP contribution in [0, 0.1) is 0 Å². The van der Waals surface area contributed by atoms with Crippen molar-refractivity contribution in [2.75, 3.05) is 0 Å². The highest BCUT2D eigenvalue weighted by Crippen LogP contribution is 2.14. The summed E-state index contributed by atoms with van der Waals surface area (Å²) in [4.78, 5) is 20.4. The second-order valence-corrected chi connectivity index (χ2v) is 5.40. The van der Waals surface area contributed by atoms with Crippen LogP contribution in [-0.4, -0.2) is 19.7 Å². The van der Waals surface area contributed by atoms with Crippen LogP contribution in [0.4, 0.5) is 0 Å². The highest BCUT2D eigenvalue weighted by Gasteiger charge is 2.21. The molecule has 2 heterocycles. The van der Waals surface area contributed by atoms with E-state index < -0.39 is 5.54 Å². The van der Waals surface area contributed by atoms with Crippen molar-refractivity contribution in [3.8, 4) is 0 Å². The van der Waals surface area contributed by atoms with E-state index in [2.05, 4.69) is 15.1 Å². The molecule has 21 heavy (non-hydrogen) atoms. The van der Waals surface area contributed by atoms with E-state index in [1.165, 1.54) is 6.20 Å². The Morgan fingerprint density at radius 3 is 2.81 bits per heavy atom. The van der Waals surface area contributed by atoms with Crippen molar-refractivity contribution < 1.29 is 4.52 Å². The third-order valence-corrected chi connectivity index (χ3v) is 3.09. The van der Waals surface area contributed by atoms with Crippen molar-refractivity contribution in [3.63, 3.8) is 0 Å². The number of aromatic nitrogens is 4. The number of para-hydroxylation sites is 2. The summed E-state index contributed by atoms with van der Waals surface area (Å²) in [7, 11) is 0. The Kier molecular flexibility index (Phi) is 3.06. The van der Waals surface area contributed by atoms with E-state index >= 15 is 0 Å². The summed E-state index contributed by atoms with van der Waals surface area (Å²) in [6.45, 7) is 3.76. The van der Waals surface area contributed by atoms with Crippen LogP contribution >= 0.6 is 0 Å². The van der Waals surface area contributed by atoms with Crippen molar-refractivity contribution in [1.29, 1.82) is 0 Å². The van der Waals surface area contributed by atoms with Crippen LogP contribution in [0.15, 0.2) is 39.8 Å². The smallest absolute Gasteiger partial charge is 0.269 e. The summed E-state index contributed by atoms with van der Waals surface area (Å²) in [6, 6.07) is 7.38. The average Bonchev–Trinajstić information content (AvgIpc) is 2.91. The number of benzene rings is 1. The molecule has 108 valence electrons. The Balaban J connectivity index is 2.04. The Bertz CT molecular complexity index is 844. The first-order valence-corrected chi connectivity index (χ1v) is 6.52. The Morgan fingerprint density at radius 1 is 1.33 bits per heavy atom. The molecule has 0 atom stereocenters. The lowest BCUT2D eigenvalue weighted by molar-refractivity contribution is 0.355. The number of rotatable bonds is 3. The van der Waals surface area contributed by atoms with Gasteiger partial charge in [0.2, 0.25) is 5.89 Å². The summed E-state index contributed by atoms with van der Waals surface area (Å²) >= 11 is 0. The first-order chi connectivity index (χ1) is 9.95. The summed E-state index contributed by atoms with van der Waals surface area (Å²) in [6.07, 6.45) is 1.28. The zero-order valence-electron chi connectivity index (χ0n) is 11.8. The van der Waals surface area contributed by atoms with E-state index in [4.69, 9.17) is 10.3 Å². The van der Waals surface area contributed by atoms with Gasteiger partial charge < -0.3 is 10.3 Å². The average molecular weight is 285 g/mol. The molecule has 0 aliphatic carbocycles. The fraction of sp³-hybridized carbons (Fsp3) is 0.286. The van der Waals surface area contributed by atoms with Crippen LogP contribution in [0.25, 0.3) is 11.0 Å². The first kappa shape index (κ1) is 13.4. The summed E-state index contributed by atoms with van der Waals surface area (Å²) in [5, 5.41) is 3.85. The zero-order valence-corrected chi connectivity index (χ0v) is 11.8. The lowest BCUT2D eigenvalue weighted by Crippen LogP contribution is -2.30. The van der Waals surface area contributed by atoms with E-state index in [0.717, 1.165) is 11.0 Å². The standard InChI is InChI=1S/C14H15N5O2/c1-14(2,15)13-17-11(21-18-13)8-19-10-6-4-3-5-9(10)16-7-12(19)20/h3-7H,8,15H2,1-2H3. The van der Waals surface area contributed by atoms with Gasteiger partial charge in [-0.2, -0.15) is 4.98 Å². The highest BCUT2D eigenvalue weighted by molar-refractivity contribution is 5.74. The van der Waals surface area contributed by atoms with Crippen molar-refractivity contribution in [1.82, 2.24) is 19.7 Å². The predicted molar refractivity (Wildman–Crippen MR) is 76.6 cm³/mol. The minimum atomic E-state index is -0.687. The minimum Gasteiger partial charge on any atom is -0.337 e. The molecule has 0 aliphatic rings. The van der Waals surface area contributed by atoms with Gasteiger partial charge in [0, 0.05) is 0 Å². The Morgan fingerprint density at radius 2 is 2.10 bits per heavy atom. The molecule has 1 aromatic carbocycles. The number of nitrogens with two attached hydrogens (primary N) is 1. The van der Waals surface area contributed by atoms with Gasteiger partial charge in [-0.15, -0.1) is 0 Å². The van der Waals surface area contributed by atoms with Gasteiger partial charge >= 0.3 is 0 Å². The Labute approximate surface area is 120 Å². The number of nitrogens with zero attached hydrogens (tertiary/aromatic N) is 4. The lowest BCUT2D eigenvalue weighted by atomic mass is 10.1. The van der Waals surface area contributed by atoms with Crippen LogP contribution < -0.4 is 11.3 Å². The van der Waals surface area contributed by atoms with Gasteiger partial charge in [-0.05, 0) is 26.0 Å². The van der Waals surface area contributed by atoms with Crippen LogP contribution in [0.2, 0.25) is 0 Å². The molecule has 0 spiro atoms. The van der Waals surface area contributed by atoms with E-state index in [9.17, 15) is 4.79 Å². The molecule has 3 aromatic rings. The van der Waals surface area contributed by atoms with Crippen molar-refractivity contribution in [2.45, 2.75) is 25.9 Å². The molecule has 0 saturated heterocycles. The van der Waals surface area contributed by atoms with Gasteiger partial charge in [0.25, 0.3) is 5.56 Å². The quantitative estimate of drug-likeness (QED) is 0.771. The molecule has 0 amide bonds. The molecule has 0 radical (unpaired) electrons. The van der Waals surface area contributed by atoms with E-state index in [0.29, 0.717) is 11.7 Å². The molecule has 0 fully saturated rings. The largest absolute Gasteiger partial charge is 0.337 e. The number of fused-ring (bicyclic) bond motifs is 1. The summed E-state index contributed by atoms with van der Waals surface area (Å²) < 4.78 is 6.72. The van der Waals surface area contributed by atoms with Gasteiger partial charge in [0.1, 0.15) is 6.54 Å². The van der Waals surface area contributed by atoms with Crippen LogP contribution in [0.1, 0.15) is 25.6 Å². The second kappa shape index (κ2) is 4.78. The number of hydrogen-bond acceptors (Lipinski definition) is 6. The summed E-state index contributed by atoms with van der Waals surface area (Å²) in [5.74, 6) is 0.742. The molecule has 3 rings (SSSR count). The van der Waals surface area contributed by atoms with Gasteiger partial charge in [0.15, 0.2) is 5.82 Å². The minimum absolute atomic E-state index is 0.185. The normalized spacial score (nSPS) is 12.0. The van der Waals surface area contributed by atoms with Crippen LogP contribution in [-0.2, 0) is 12.1 Å². The van der Waals surface area contributed by atoms with Gasteiger partial charge in [-0.1, -0.05) is 17.3 Å². The van der Waals surface area contributed by atoms with Gasteiger partial charge in [0.05, 0.1) is 22.8 Å². The fourth-order valence-electron chi connectivity index (χ4n) is 1.99. The van der Waals surface area contributed by atoms with E-state index in [-0.39, 0.29) is 12.1 Å². The molecule has 0 unspecified atom stereocenters. The molecule has 0 saturated carbocycles. The molecule has 7 nitrogen and oxygen atoms in total. The van der Waals surface area contributed by atoms with Crippen molar-refractivity contribution in [2.24, 2.45) is 5.73 Å². The maximum atomic E-state index is 12.0. The maximum Gasteiger partial charge on any atom is 0.269 e. The Hall–Kier alpha value is -2.54. The van der Waals surface area contributed by atoms with E-state index in [1.54, 1.807) is 18.4 Å². The highest BCUT2D eigenvalue weighted by atomic mass is 16.5. The third kappa shape index (κ3) is 2.55. The maximum absolute atomic E-state index is 12.0. The topological polar surface area (TPSA) is 99.8 Å². The van der Waals surface area contributed by atoms with Crippen molar-refractivity contribution >= 4 is 11.0 Å². The molecule has 7 heteroatoms. The summed E-state index contributed by atoms with van der Waals surface area (Å²) in [5.41, 5.74) is 6.46. The molecular formula is C14H15N5O2. The molecule has 0 aliphatic heterocycles. The van der Waals surface area contributed by atoms with Crippen LogP contribution in [0.5, 0.6) is 0 Å². The van der Waals surface area contributed by atoms with E-state index in [1.807, 2.05) is 24.3 Å².